The lowest BCUT2D eigenvalue weighted by molar-refractivity contribution is -0.114. The minimum absolute atomic E-state index is 0.217. The Bertz CT molecular complexity index is 724. The molecule has 0 atom stereocenters. The molecule has 0 unspecified atom stereocenters. The van der Waals surface area contributed by atoms with Crippen molar-refractivity contribution in [3.05, 3.63) is 60.2 Å². The number of rotatable bonds is 5. The average molecular weight is 310 g/mol. The Labute approximate surface area is 135 Å². The molecule has 118 valence electrons. The number of benzene rings is 2. The number of anilines is 2. The monoisotopic (exact) mass is 310 g/mol. The number of carbonyl (C=O) groups excluding carboxylic acids is 2. The molecule has 2 aromatic carbocycles. The molecule has 0 saturated heterocycles. The van der Waals surface area contributed by atoms with Crippen molar-refractivity contribution in [3.63, 3.8) is 0 Å². The van der Waals surface area contributed by atoms with Crippen LogP contribution >= 0.6 is 0 Å². The van der Waals surface area contributed by atoms with Crippen LogP contribution in [0.15, 0.2) is 54.6 Å². The van der Waals surface area contributed by atoms with E-state index in [-0.39, 0.29) is 11.8 Å². The van der Waals surface area contributed by atoms with Crippen LogP contribution in [0.5, 0.6) is 5.75 Å². The molecule has 2 N–H and O–H groups in total. The van der Waals surface area contributed by atoms with Crippen molar-refractivity contribution >= 4 is 29.3 Å². The van der Waals surface area contributed by atoms with Crippen LogP contribution in [-0.2, 0) is 9.59 Å². The van der Waals surface area contributed by atoms with E-state index in [1.165, 1.54) is 20.1 Å². The van der Waals surface area contributed by atoms with E-state index in [2.05, 4.69) is 10.6 Å². The van der Waals surface area contributed by atoms with Gasteiger partial charge in [-0.2, -0.15) is 0 Å². The van der Waals surface area contributed by atoms with Gasteiger partial charge in [-0.25, -0.2) is 0 Å². The molecule has 5 heteroatoms. The van der Waals surface area contributed by atoms with Gasteiger partial charge in [0.25, 0.3) is 0 Å². The highest BCUT2D eigenvalue weighted by Gasteiger charge is 2.08. The highest BCUT2D eigenvalue weighted by Crippen LogP contribution is 2.27. The maximum atomic E-state index is 12.1. The van der Waals surface area contributed by atoms with Crippen molar-refractivity contribution in [2.45, 2.75) is 6.92 Å². The van der Waals surface area contributed by atoms with Crippen LogP contribution in [0.4, 0.5) is 11.4 Å². The van der Waals surface area contributed by atoms with Crippen molar-refractivity contribution < 1.29 is 14.3 Å². The van der Waals surface area contributed by atoms with Gasteiger partial charge in [-0.3, -0.25) is 9.59 Å². The Morgan fingerprint density at radius 1 is 1.00 bits per heavy atom. The zero-order valence-corrected chi connectivity index (χ0v) is 13.0. The minimum atomic E-state index is -0.297. The SMILES string of the molecule is COc1ccc(NC(C)=O)c(NC(=O)C=Cc2ccccc2)c1. The largest absolute Gasteiger partial charge is 0.497 e. The lowest BCUT2D eigenvalue weighted by Gasteiger charge is -2.12. The van der Waals surface area contributed by atoms with Crippen LogP contribution in [0.25, 0.3) is 6.08 Å². The molecule has 23 heavy (non-hydrogen) atoms. The maximum Gasteiger partial charge on any atom is 0.248 e. The second-order valence-corrected chi connectivity index (χ2v) is 4.83. The summed E-state index contributed by atoms with van der Waals surface area (Å²) in [4.78, 5) is 23.3. The van der Waals surface area contributed by atoms with Gasteiger partial charge in [-0.05, 0) is 23.8 Å². The smallest absolute Gasteiger partial charge is 0.248 e. The normalized spacial score (nSPS) is 10.3. The third-order valence-electron chi connectivity index (χ3n) is 3.02. The fourth-order valence-electron chi connectivity index (χ4n) is 1.96. The molecule has 2 aromatic rings. The Morgan fingerprint density at radius 3 is 2.39 bits per heavy atom. The summed E-state index contributed by atoms with van der Waals surface area (Å²) >= 11 is 0. The lowest BCUT2D eigenvalue weighted by atomic mass is 10.2. The van der Waals surface area contributed by atoms with Gasteiger partial charge in [0.2, 0.25) is 11.8 Å². The van der Waals surface area contributed by atoms with Crippen molar-refractivity contribution in [2.24, 2.45) is 0 Å². The second kappa shape index (κ2) is 7.79. The average Bonchev–Trinajstić information content (AvgIpc) is 2.55. The molecule has 0 heterocycles. The van der Waals surface area contributed by atoms with Crippen LogP contribution in [-0.4, -0.2) is 18.9 Å². The molecule has 0 aromatic heterocycles. The third-order valence-corrected chi connectivity index (χ3v) is 3.02. The molecule has 0 spiro atoms. The van der Waals surface area contributed by atoms with Crippen LogP contribution in [0.3, 0.4) is 0 Å². The summed E-state index contributed by atoms with van der Waals surface area (Å²) in [6.45, 7) is 1.41. The van der Waals surface area contributed by atoms with E-state index in [1.807, 2.05) is 30.3 Å². The van der Waals surface area contributed by atoms with Gasteiger partial charge in [0.15, 0.2) is 0 Å². The predicted octanol–water partition coefficient (Wildman–Crippen LogP) is 3.31. The van der Waals surface area contributed by atoms with Crippen molar-refractivity contribution in [1.82, 2.24) is 0 Å². The van der Waals surface area contributed by atoms with Gasteiger partial charge in [0.1, 0.15) is 5.75 Å². The van der Waals surface area contributed by atoms with Crippen molar-refractivity contribution in [3.8, 4) is 5.75 Å². The molecule has 0 fully saturated rings. The molecule has 5 nitrogen and oxygen atoms in total. The quantitative estimate of drug-likeness (QED) is 0.833. The van der Waals surface area contributed by atoms with Crippen molar-refractivity contribution in [1.29, 1.82) is 0 Å². The van der Waals surface area contributed by atoms with E-state index in [1.54, 1.807) is 24.3 Å². The highest BCUT2D eigenvalue weighted by atomic mass is 16.5. The molecule has 0 bridgehead atoms. The maximum absolute atomic E-state index is 12.1. The van der Waals surface area contributed by atoms with E-state index in [4.69, 9.17) is 4.74 Å². The summed E-state index contributed by atoms with van der Waals surface area (Å²) < 4.78 is 5.14. The Balaban J connectivity index is 2.15. The summed E-state index contributed by atoms with van der Waals surface area (Å²) in [5.74, 6) is 0.0700. The summed E-state index contributed by atoms with van der Waals surface area (Å²) in [5, 5.41) is 5.41. The number of hydrogen-bond acceptors (Lipinski definition) is 3. The van der Waals surface area contributed by atoms with Crippen molar-refractivity contribution in [2.75, 3.05) is 17.7 Å². The molecular weight excluding hydrogens is 292 g/mol. The number of hydrogen-bond donors (Lipinski definition) is 2. The van der Waals surface area contributed by atoms with Gasteiger partial charge in [-0.1, -0.05) is 30.3 Å². The fourth-order valence-corrected chi connectivity index (χ4v) is 1.96. The Kier molecular flexibility index (Phi) is 5.52. The van der Waals surface area contributed by atoms with Crippen LogP contribution in [0.2, 0.25) is 0 Å². The van der Waals surface area contributed by atoms with Gasteiger partial charge >= 0.3 is 0 Å². The summed E-state index contributed by atoms with van der Waals surface area (Å²) in [6.07, 6.45) is 3.15. The minimum Gasteiger partial charge on any atom is -0.497 e. The van der Waals surface area contributed by atoms with Gasteiger partial charge in [0.05, 0.1) is 18.5 Å². The molecule has 0 aliphatic heterocycles. The first-order chi connectivity index (χ1) is 11.1. The first kappa shape index (κ1) is 16.3. The van der Waals surface area contributed by atoms with Crippen LogP contribution in [0.1, 0.15) is 12.5 Å². The zero-order valence-electron chi connectivity index (χ0n) is 13.0. The highest BCUT2D eigenvalue weighted by molar-refractivity contribution is 6.05. The summed E-state index contributed by atoms with van der Waals surface area (Å²) in [7, 11) is 1.54. The van der Waals surface area contributed by atoms with Gasteiger partial charge in [-0.15, -0.1) is 0 Å². The number of methoxy groups -OCH3 is 1. The van der Waals surface area contributed by atoms with E-state index in [0.717, 1.165) is 5.56 Å². The molecular formula is C18H18N2O3. The molecule has 2 amide bonds. The molecule has 2 rings (SSSR count). The fraction of sp³-hybridized carbons (Fsp3) is 0.111. The molecule has 0 aliphatic carbocycles. The first-order valence-electron chi connectivity index (χ1n) is 7.08. The number of amides is 2. The van der Waals surface area contributed by atoms with Gasteiger partial charge in [0, 0.05) is 19.1 Å². The van der Waals surface area contributed by atoms with Gasteiger partial charge < -0.3 is 15.4 Å². The zero-order chi connectivity index (χ0) is 16.7. The predicted molar refractivity (Wildman–Crippen MR) is 91.4 cm³/mol. The number of ether oxygens (including phenoxy) is 1. The van der Waals surface area contributed by atoms with E-state index in [0.29, 0.717) is 17.1 Å². The van der Waals surface area contributed by atoms with E-state index < -0.39 is 0 Å². The van der Waals surface area contributed by atoms with E-state index in [9.17, 15) is 9.59 Å². The second-order valence-electron chi connectivity index (χ2n) is 4.83. The third kappa shape index (κ3) is 5.00. The first-order valence-corrected chi connectivity index (χ1v) is 7.08. The summed E-state index contributed by atoms with van der Waals surface area (Å²) in [6, 6.07) is 14.5. The molecule has 0 saturated carbocycles. The topological polar surface area (TPSA) is 67.4 Å². The van der Waals surface area contributed by atoms with E-state index >= 15 is 0 Å². The Hall–Kier alpha value is -3.08. The van der Waals surface area contributed by atoms with Crippen LogP contribution < -0.4 is 15.4 Å². The Morgan fingerprint density at radius 2 is 1.74 bits per heavy atom. The van der Waals surface area contributed by atoms with Crippen LogP contribution in [0, 0.1) is 0 Å². The standard InChI is InChI=1S/C18H18N2O3/c1-13(21)19-16-10-9-15(23-2)12-17(16)20-18(22)11-8-14-6-4-3-5-7-14/h3-12H,1-2H3,(H,19,21)(H,20,22). The molecule has 0 aliphatic rings. The lowest BCUT2D eigenvalue weighted by Crippen LogP contribution is -2.13. The number of carbonyl (C=O) groups is 2. The summed E-state index contributed by atoms with van der Waals surface area (Å²) in [5.41, 5.74) is 1.91. The number of nitrogens with one attached hydrogen (secondary N) is 2. The molecule has 0 radical (unpaired) electrons.